The number of hydrogen-bond donors (Lipinski definition) is 0. The quantitative estimate of drug-likeness (QED) is 0.390. The molecule has 33 heavy (non-hydrogen) atoms. The first-order chi connectivity index (χ1) is 15.3. The van der Waals surface area contributed by atoms with Crippen LogP contribution in [0.4, 0.5) is 0 Å². The zero-order valence-electron chi connectivity index (χ0n) is 23.1. The lowest BCUT2D eigenvalue weighted by molar-refractivity contribution is -0.238. The third-order valence-electron chi connectivity index (χ3n) is 13.6. The van der Waals surface area contributed by atoms with Gasteiger partial charge in [-0.1, -0.05) is 48.0 Å². The second-order valence-electron chi connectivity index (χ2n) is 15.2. The van der Waals surface area contributed by atoms with Crippen LogP contribution in [0.5, 0.6) is 0 Å². The van der Waals surface area contributed by atoms with Gasteiger partial charge in [0.05, 0.1) is 0 Å². The Morgan fingerprint density at radius 2 is 1.52 bits per heavy atom. The first-order valence-electron chi connectivity index (χ1n) is 14.5. The van der Waals surface area contributed by atoms with E-state index in [0.717, 1.165) is 23.7 Å². The summed E-state index contributed by atoms with van der Waals surface area (Å²) in [7, 11) is 0. The van der Waals surface area contributed by atoms with E-state index in [4.69, 9.17) is 4.74 Å². The number of ether oxygens (including phenoxy) is 1. The highest BCUT2D eigenvalue weighted by molar-refractivity contribution is 5.66. The second kappa shape index (κ2) is 7.49. The third-order valence-corrected chi connectivity index (χ3v) is 13.6. The molecule has 0 amide bonds. The van der Waals surface area contributed by atoms with Gasteiger partial charge in [-0.15, -0.1) is 0 Å². The molecule has 5 aliphatic rings. The molecular formula is C31H52O2. The molecule has 0 aliphatic heterocycles. The lowest BCUT2D eigenvalue weighted by atomic mass is 9.32. The van der Waals surface area contributed by atoms with E-state index in [1.165, 1.54) is 70.6 Å². The van der Waals surface area contributed by atoms with E-state index in [9.17, 15) is 4.79 Å². The standard InChI is InChI=1S/C31H52O2/c1-20(33-21(2)32)22-12-16-28(5)18-19-30(7)23(26(22)28)10-11-25-29(6)15-9-14-27(3,4)24(29)13-17-31(25,30)8/h20,22-26H,9-19H2,1-8H3/t20-,22+,23-,24+,25-,26-,28-,29+,30-,31-/m1/s1. The molecule has 0 aromatic carbocycles. The van der Waals surface area contributed by atoms with Crippen molar-refractivity contribution in [2.24, 2.45) is 56.7 Å². The zero-order chi connectivity index (χ0) is 24.0. The number of fused-ring (bicyclic) bond motifs is 7. The molecule has 0 heterocycles. The van der Waals surface area contributed by atoms with Crippen molar-refractivity contribution in [1.82, 2.24) is 0 Å². The molecule has 5 aliphatic carbocycles. The van der Waals surface area contributed by atoms with Gasteiger partial charge >= 0.3 is 5.97 Å². The number of rotatable bonds is 2. The average Bonchev–Trinajstić information content (AvgIpc) is 3.05. The van der Waals surface area contributed by atoms with Crippen LogP contribution in [-0.2, 0) is 9.53 Å². The van der Waals surface area contributed by atoms with Crippen LogP contribution in [0.25, 0.3) is 0 Å². The van der Waals surface area contributed by atoms with Gasteiger partial charge in [0.25, 0.3) is 0 Å². The molecule has 0 radical (unpaired) electrons. The Balaban J connectivity index is 1.51. The Hall–Kier alpha value is -0.530. The highest BCUT2D eigenvalue weighted by Crippen LogP contribution is 2.77. The van der Waals surface area contributed by atoms with E-state index in [0.29, 0.717) is 33.0 Å². The molecule has 10 atom stereocenters. The summed E-state index contributed by atoms with van der Waals surface area (Å²) in [5.74, 6) is 3.73. The smallest absolute Gasteiger partial charge is 0.302 e. The van der Waals surface area contributed by atoms with Crippen molar-refractivity contribution in [2.45, 2.75) is 132 Å². The van der Waals surface area contributed by atoms with Crippen LogP contribution in [0.2, 0.25) is 0 Å². The summed E-state index contributed by atoms with van der Waals surface area (Å²) < 4.78 is 5.84. The molecule has 0 unspecified atom stereocenters. The molecule has 5 fully saturated rings. The first-order valence-corrected chi connectivity index (χ1v) is 14.5. The van der Waals surface area contributed by atoms with Crippen molar-refractivity contribution in [2.75, 3.05) is 0 Å². The highest BCUT2D eigenvalue weighted by Gasteiger charge is 2.69. The van der Waals surface area contributed by atoms with Gasteiger partial charge in [-0.05, 0) is 128 Å². The molecule has 0 spiro atoms. The summed E-state index contributed by atoms with van der Waals surface area (Å²) in [6.07, 6.45) is 15.4. The maximum absolute atomic E-state index is 11.8. The SMILES string of the molecule is CC(=O)O[C@H](C)[C@@H]1CC[C@]2(C)CC[C@]3(C)[C@H](CC[C@@H]4[C@@]5(C)CCCC(C)(C)[C@@H]5CC[C@]43C)[C@@H]12. The van der Waals surface area contributed by atoms with E-state index < -0.39 is 0 Å². The number of esters is 1. The Labute approximate surface area is 204 Å². The molecule has 2 heteroatoms. The summed E-state index contributed by atoms with van der Waals surface area (Å²) in [5.41, 5.74) is 2.35. The van der Waals surface area contributed by atoms with Gasteiger partial charge in [0, 0.05) is 6.92 Å². The van der Waals surface area contributed by atoms with E-state index in [1.54, 1.807) is 6.92 Å². The summed E-state index contributed by atoms with van der Waals surface area (Å²) in [6.45, 7) is 19.7. The van der Waals surface area contributed by atoms with Crippen LogP contribution in [0.3, 0.4) is 0 Å². The number of carbonyl (C=O) groups excluding carboxylic acids is 1. The molecule has 0 saturated heterocycles. The van der Waals surface area contributed by atoms with Gasteiger partial charge in [0.15, 0.2) is 0 Å². The predicted octanol–water partition coefficient (Wildman–Crippen LogP) is 8.43. The average molecular weight is 457 g/mol. The normalized spacial score (nSPS) is 53.8. The van der Waals surface area contributed by atoms with E-state index in [2.05, 4.69) is 48.5 Å². The van der Waals surface area contributed by atoms with Crippen molar-refractivity contribution in [1.29, 1.82) is 0 Å². The van der Waals surface area contributed by atoms with Crippen LogP contribution in [0.1, 0.15) is 126 Å². The minimum atomic E-state index is -0.100. The minimum absolute atomic E-state index is 0.0644. The van der Waals surface area contributed by atoms with Crippen LogP contribution in [-0.4, -0.2) is 12.1 Å². The van der Waals surface area contributed by atoms with Crippen molar-refractivity contribution < 1.29 is 9.53 Å². The van der Waals surface area contributed by atoms with Crippen LogP contribution in [0, 0.1) is 56.7 Å². The molecule has 0 aromatic heterocycles. The summed E-state index contributed by atoms with van der Waals surface area (Å²) in [5, 5.41) is 0. The monoisotopic (exact) mass is 456 g/mol. The van der Waals surface area contributed by atoms with Crippen molar-refractivity contribution in [3.8, 4) is 0 Å². The largest absolute Gasteiger partial charge is 0.463 e. The van der Waals surface area contributed by atoms with Gasteiger partial charge in [0.1, 0.15) is 6.10 Å². The van der Waals surface area contributed by atoms with Crippen LogP contribution < -0.4 is 0 Å². The van der Waals surface area contributed by atoms with Gasteiger partial charge in [-0.25, -0.2) is 0 Å². The minimum Gasteiger partial charge on any atom is -0.463 e. The van der Waals surface area contributed by atoms with Gasteiger partial charge < -0.3 is 4.74 Å². The van der Waals surface area contributed by atoms with E-state index in [-0.39, 0.29) is 12.1 Å². The zero-order valence-corrected chi connectivity index (χ0v) is 23.1. The number of carbonyl (C=O) groups is 1. The molecule has 2 nitrogen and oxygen atoms in total. The molecule has 0 N–H and O–H groups in total. The predicted molar refractivity (Wildman–Crippen MR) is 136 cm³/mol. The topological polar surface area (TPSA) is 26.3 Å². The van der Waals surface area contributed by atoms with Gasteiger partial charge in [-0.2, -0.15) is 0 Å². The van der Waals surface area contributed by atoms with E-state index in [1.807, 2.05) is 0 Å². The molecule has 5 saturated carbocycles. The van der Waals surface area contributed by atoms with Crippen molar-refractivity contribution in [3.05, 3.63) is 0 Å². The Morgan fingerprint density at radius 3 is 2.21 bits per heavy atom. The second-order valence-corrected chi connectivity index (χ2v) is 15.2. The maximum atomic E-state index is 11.8. The van der Waals surface area contributed by atoms with Crippen molar-refractivity contribution in [3.63, 3.8) is 0 Å². The fourth-order valence-corrected chi connectivity index (χ4v) is 12.0. The van der Waals surface area contributed by atoms with Crippen LogP contribution >= 0.6 is 0 Å². The molecular weight excluding hydrogens is 404 g/mol. The van der Waals surface area contributed by atoms with Gasteiger partial charge in [-0.3, -0.25) is 4.79 Å². The van der Waals surface area contributed by atoms with Crippen molar-refractivity contribution >= 4 is 5.97 Å². The fraction of sp³-hybridized carbons (Fsp3) is 0.968. The Morgan fingerprint density at radius 1 is 0.788 bits per heavy atom. The third kappa shape index (κ3) is 3.20. The lowest BCUT2D eigenvalue weighted by Crippen LogP contribution is -2.65. The van der Waals surface area contributed by atoms with E-state index >= 15 is 0 Å². The maximum Gasteiger partial charge on any atom is 0.302 e. The summed E-state index contributed by atoms with van der Waals surface area (Å²) in [4.78, 5) is 11.8. The lowest BCUT2D eigenvalue weighted by Gasteiger charge is -2.72. The molecule has 0 aromatic rings. The summed E-state index contributed by atoms with van der Waals surface area (Å²) in [6, 6.07) is 0. The van der Waals surface area contributed by atoms with Crippen LogP contribution in [0.15, 0.2) is 0 Å². The Kier molecular flexibility index (Phi) is 5.49. The molecule has 5 rings (SSSR count). The van der Waals surface area contributed by atoms with Gasteiger partial charge in [0.2, 0.25) is 0 Å². The highest BCUT2D eigenvalue weighted by atomic mass is 16.5. The fourth-order valence-electron chi connectivity index (χ4n) is 12.0. The number of hydrogen-bond acceptors (Lipinski definition) is 2. The summed E-state index contributed by atoms with van der Waals surface area (Å²) >= 11 is 0. The molecule has 0 bridgehead atoms. The first kappa shape index (κ1) is 24.2. The Bertz CT molecular complexity index is 801. The molecule has 188 valence electrons.